The number of thiazole rings is 1. The molecule has 0 bridgehead atoms. The van der Waals surface area contributed by atoms with Gasteiger partial charge in [0.2, 0.25) is 0 Å². The lowest BCUT2D eigenvalue weighted by Gasteiger charge is -2.15. The van der Waals surface area contributed by atoms with E-state index in [1.54, 1.807) is 6.20 Å². The lowest BCUT2D eigenvalue weighted by Crippen LogP contribution is -2.36. The monoisotopic (exact) mass is 346 g/mol. The quantitative estimate of drug-likeness (QED) is 0.487. The number of aromatic nitrogens is 1. The number of rotatable bonds is 9. The Hall–Kier alpha value is -1.97. The minimum Gasteiger partial charge on any atom is -0.478 e. The summed E-state index contributed by atoms with van der Waals surface area (Å²) >= 11 is 1.43. The topological polar surface area (TPSA) is 129 Å². The number of hydrogen-bond acceptors (Lipinski definition) is 7. The predicted octanol–water partition coefficient (Wildman–Crippen LogP) is 0.983. The first-order valence-electron chi connectivity index (χ1n) is 6.92. The van der Waals surface area contributed by atoms with Gasteiger partial charge in [-0.25, -0.2) is 14.6 Å². The summed E-state index contributed by atoms with van der Waals surface area (Å²) in [7, 11) is 0. The number of nitrogens with zero attached hydrogens (tertiary/aromatic N) is 1. The van der Waals surface area contributed by atoms with Crippen molar-refractivity contribution < 1.29 is 29.6 Å². The third kappa shape index (κ3) is 13.4. The molecule has 0 aliphatic rings. The van der Waals surface area contributed by atoms with Crippen molar-refractivity contribution in [2.24, 2.45) is 0 Å². The Labute approximate surface area is 138 Å². The molecular formula is C14H22N2O6S. The largest absolute Gasteiger partial charge is 0.478 e. The summed E-state index contributed by atoms with van der Waals surface area (Å²) in [4.78, 5) is 23.1. The SMILES string of the molecule is CCC(C)NCC(O)COc1nccs1.O=C(O)/C=C\C(=O)O. The van der Waals surface area contributed by atoms with E-state index >= 15 is 0 Å². The zero-order valence-electron chi connectivity index (χ0n) is 13.0. The summed E-state index contributed by atoms with van der Waals surface area (Å²) in [6.45, 7) is 5.04. The number of hydrogen-bond donors (Lipinski definition) is 4. The highest BCUT2D eigenvalue weighted by atomic mass is 32.1. The van der Waals surface area contributed by atoms with Crippen LogP contribution in [0.3, 0.4) is 0 Å². The van der Waals surface area contributed by atoms with E-state index in [0.717, 1.165) is 6.42 Å². The number of nitrogens with one attached hydrogen (secondary N) is 1. The molecule has 23 heavy (non-hydrogen) atoms. The van der Waals surface area contributed by atoms with E-state index in [-0.39, 0.29) is 6.61 Å². The highest BCUT2D eigenvalue weighted by Gasteiger charge is 2.07. The normalized spacial score (nSPS) is 13.0. The molecule has 2 atom stereocenters. The van der Waals surface area contributed by atoms with Gasteiger partial charge in [0, 0.05) is 36.3 Å². The van der Waals surface area contributed by atoms with Crippen molar-refractivity contribution in [2.75, 3.05) is 13.2 Å². The fourth-order valence-electron chi connectivity index (χ4n) is 1.13. The number of aliphatic carboxylic acids is 2. The van der Waals surface area contributed by atoms with Crippen LogP contribution < -0.4 is 10.1 Å². The van der Waals surface area contributed by atoms with Crippen molar-refractivity contribution in [3.63, 3.8) is 0 Å². The summed E-state index contributed by atoms with van der Waals surface area (Å²) in [5, 5.41) is 30.9. The van der Waals surface area contributed by atoms with E-state index in [4.69, 9.17) is 14.9 Å². The Kier molecular flexibility index (Phi) is 11.5. The van der Waals surface area contributed by atoms with Gasteiger partial charge in [0.1, 0.15) is 12.7 Å². The molecule has 0 aliphatic carbocycles. The summed E-state index contributed by atoms with van der Waals surface area (Å²) in [6, 6.07) is 0.430. The van der Waals surface area contributed by atoms with Gasteiger partial charge in [-0.05, 0) is 13.3 Å². The van der Waals surface area contributed by atoms with Gasteiger partial charge in [-0.1, -0.05) is 18.3 Å². The van der Waals surface area contributed by atoms with Crippen LogP contribution in [0.4, 0.5) is 0 Å². The molecule has 1 aromatic heterocycles. The minimum atomic E-state index is -1.26. The van der Waals surface area contributed by atoms with Gasteiger partial charge in [0.15, 0.2) is 0 Å². The van der Waals surface area contributed by atoms with E-state index in [1.165, 1.54) is 11.3 Å². The number of carboxylic acid groups (broad SMARTS) is 2. The van der Waals surface area contributed by atoms with Crippen molar-refractivity contribution in [1.29, 1.82) is 0 Å². The number of ether oxygens (including phenoxy) is 1. The van der Waals surface area contributed by atoms with Crippen LogP contribution in [0.5, 0.6) is 5.19 Å². The predicted molar refractivity (Wildman–Crippen MR) is 85.8 cm³/mol. The zero-order chi connectivity index (χ0) is 17.7. The van der Waals surface area contributed by atoms with Gasteiger partial charge in [-0.2, -0.15) is 0 Å². The van der Waals surface area contributed by atoms with E-state index < -0.39 is 18.0 Å². The van der Waals surface area contributed by atoms with Gasteiger partial charge in [0.25, 0.3) is 5.19 Å². The Bertz CT molecular complexity index is 462. The third-order valence-corrected chi connectivity index (χ3v) is 3.17. The Morgan fingerprint density at radius 3 is 2.43 bits per heavy atom. The molecule has 0 aliphatic heterocycles. The van der Waals surface area contributed by atoms with Gasteiger partial charge in [0.05, 0.1) is 0 Å². The second-order valence-electron chi connectivity index (χ2n) is 4.49. The van der Waals surface area contributed by atoms with Crippen molar-refractivity contribution in [3.05, 3.63) is 23.7 Å². The van der Waals surface area contributed by atoms with E-state index in [9.17, 15) is 14.7 Å². The second-order valence-corrected chi connectivity index (χ2v) is 5.35. The Balaban J connectivity index is 0.000000515. The first-order valence-corrected chi connectivity index (χ1v) is 7.80. The molecule has 1 aromatic rings. The molecule has 1 rings (SSSR count). The van der Waals surface area contributed by atoms with Gasteiger partial charge < -0.3 is 25.4 Å². The standard InChI is InChI=1S/C10H18N2O2S.C4H4O4/c1-3-8(2)12-6-9(13)7-14-10-11-4-5-15-10;5-3(6)1-2-4(7)8/h4-5,8-9,12-13H,3,6-7H2,1-2H3;1-2H,(H,5,6)(H,7,8)/b;2-1-. The molecule has 0 saturated heterocycles. The molecule has 8 nitrogen and oxygen atoms in total. The molecule has 0 fully saturated rings. The maximum Gasteiger partial charge on any atom is 0.328 e. The Morgan fingerprint density at radius 1 is 1.39 bits per heavy atom. The van der Waals surface area contributed by atoms with Crippen LogP contribution in [0.25, 0.3) is 0 Å². The molecule has 0 aromatic carbocycles. The fraction of sp³-hybridized carbons (Fsp3) is 0.500. The number of carbonyl (C=O) groups is 2. The molecule has 2 unspecified atom stereocenters. The maximum absolute atomic E-state index is 9.58. The molecule has 4 N–H and O–H groups in total. The number of aliphatic hydroxyl groups excluding tert-OH is 1. The van der Waals surface area contributed by atoms with Crippen LogP contribution in [-0.4, -0.2) is 57.5 Å². The highest BCUT2D eigenvalue weighted by Crippen LogP contribution is 2.13. The summed E-state index contributed by atoms with van der Waals surface area (Å²) in [5.41, 5.74) is 0. The highest BCUT2D eigenvalue weighted by molar-refractivity contribution is 7.11. The first-order chi connectivity index (χ1) is 10.8. The van der Waals surface area contributed by atoms with Crippen molar-refractivity contribution >= 4 is 23.3 Å². The zero-order valence-corrected chi connectivity index (χ0v) is 13.8. The molecule has 9 heteroatoms. The van der Waals surface area contributed by atoms with Crippen LogP contribution in [-0.2, 0) is 9.59 Å². The average molecular weight is 346 g/mol. The lowest BCUT2D eigenvalue weighted by molar-refractivity contribution is -0.134. The van der Waals surface area contributed by atoms with Crippen LogP contribution in [0.1, 0.15) is 20.3 Å². The summed E-state index contributed by atoms with van der Waals surface area (Å²) in [5.74, 6) is -2.51. The van der Waals surface area contributed by atoms with Crippen molar-refractivity contribution in [1.82, 2.24) is 10.3 Å². The smallest absolute Gasteiger partial charge is 0.328 e. The molecular weight excluding hydrogens is 324 g/mol. The summed E-state index contributed by atoms with van der Waals surface area (Å²) < 4.78 is 5.29. The average Bonchev–Trinajstić information content (AvgIpc) is 3.02. The molecule has 0 spiro atoms. The summed E-state index contributed by atoms with van der Waals surface area (Å²) in [6.07, 6.45) is 3.37. The van der Waals surface area contributed by atoms with Crippen molar-refractivity contribution in [3.8, 4) is 5.19 Å². The minimum absolute atomic E-state index is 0.289. The van der Waals surface area contributed by atoms with Crippen molar-refractivity contribution in [2.45, 2.75) is 32.4 Å². The first kappa shape index (κ1) is 21.0. The molecule has 0 saturated carbocycles. The lowest BCUT2D eigenvalue weighted by atomic mass is 10.2. The van der Waals surface area contributed by atoms with Gasteiger partial charge in [-0.3, -0.25) is 0 Å². The maximum atomic E-state index is 9.58. The molecule has 0 radical (unpaired) electrons. The number of carboxylic acids is 2. The van der Waals surface area contributed by atoms with E-state index in [2.05, 4.69) is 24.1 Å². The van der Waals surface area contributed by atoms with Gasteiger partial charge in [-0.15, -0.1) is 0 Å². The van der Waals surface area contributed by atoms with Crippen LogP contribution in [0.15, 0.2) is 23.7 Å². The molecule has 130 valence electrons. The molecule has 0 amide bonds. The van der Waals surface area contributed by atoms with E-state index in [0.29, 0.717) is 29.9 Å². The van der Waals surface area contributed by atoms with Crippen LogP contribution in [0.2, 0.25) is 0 Å². The molecule has 1 heterocycles. The Morgan fingerprint density at radius 2 is 2.00 bits per heavy atom. The van der Waals surface area contributed by atoms with Gasteiger partial charge >= 0.3 is 11.9 Å². The van der Waals surface area contributed by atoms with Crippen LogP contribution >= 0.6 is 11.3 Å². The second kappa shape index (κ2) is 12.6. The van der Waals surface area contributed by atoms with Crippen LogP contribution in [0, 0.1) is 0 Å². The number of aliphatic hydroxyl groups is 1. The third-order valence-electron chi connectivity index (χ3n) is 2.49. The van der Waals surface area contributed by atoms with E-state index in [1.807, 2.05) is 5.38 Å². The fourth-order valence-corrected chi connectivity index (χ4v) is 1.63.